The fourth-order valence-electron chi connectivity index (χ4n) is 5.09. The van der Waals surface area contributed by atoms with Crippen molar-refractivity contribution in [3.05, 3.63) is 65.4 Å². The van der Waals surface area contributed by atoms with Crippen LogP contribution in [0.25, 0.3) is 22.3 Å². The molecular formula is C27H27F5N6O4S. The van der Waals surface area contributed by atoms with E-state index in [4.69, 9.17) is 4.74 Å². The minimum atomic E-state index is -5.20. The van der Waals surface area contributed by atoms with Crippen LogP contribution in [-0.2, 0) is 34.4 Å². The molecule has 2 aromatic carbocycles. The lowest BCUT2D eigenvalue weighted by Crippen LogP contribution is -2.56. The number of phenolic OH excluding ortho intramolecular Hbond substituents is 1. The van der Waals surface area contributed by atoms with Crippen molar-refractivity contribution in [3.63, 3.8) is 0 Å². The third kappa shape index (κ3) is 5.99. The Morgan fingerprint density at radius 3 is 2.51 bits per heavy atom. The zero-order valence-electron chi connectivity index (χ0n) is 23.0. The number of aromatic hydroxyl groups is 1. The van der Waals surface area contributed by atoms with Crippen molar-refractivity contribution in [1.82, 2.24) is 24.1 Å². The van der Waals surface area contributed by atoms with Crippen molar-refractivity contribution >= 4 is 27.0 Å². The molecule has 1 atom stereocenters. The molecule has 3 heterocycles. The highest BCUT2D eigenvalue weighted by Gasteiger charge is 2.39. The Bertz CT molecular complexity index is 1750. The van der Waals surface area contributed by atoms with Crippen LogP contribution in [0.1, 0.15) is 11.1 Å². The minimum Gasteiger partial charge on any atom is -0.503 e. The second-order valence-corrected chi connectivity index (χ2v) is 12.1. The average Bonchev–Trinajstić information content (AvgIpc) is 3.30. The van der Waals surface area contributed by atoms with E-state index in [1.165, 1.54) is 29.3 Å². The van der Waals surface area contributed by atoms with Crippen LogP contribution in [0.2, 0.25) is 0 Å². The van der Waals surface area contributed by atoms with Gasteiger partial charge >= 0.3 is 6.18 Å². The Morgan fingerprint density at radius 2 is 1.84 bits per heavy atom. The molecule has 5 rings (SSSR count). The molecule has 0 radical (unpaired) electrons. The van der Waals surface area contributed by atoms with Gasteiger partial charge in [-0.1, -0.05) is 30.3 Å². The number of benzene rings is 2. The van der Waals surface area contributed by atoms with Crippen molar-refractivity contribution in [2.24, 2.45) is 7.05 Å². The van der Waals surface area contributed by atoms with Gasteiger partial charge in [-0.25, -0.2) is 26.9 Å². The summed E-state index contributed by atoms with van der Waals surface area (Å²) in [5.74, 6) is -5.48. The number of piperazine rings is 1. The van der Waals surface area contributed by atoms with Gasteiger partial charge in [-0.2, -0.15) is 27.6 Å². The molecule has 1 aliphatic heterocycles. The molecule has 230 valence electrons. The van der Waals surface area contributed by atoms with E-state index in [0.29, 0.717) is 6.42 Å². The van der Waals surface area contributed by atoms with Crippen molar-refractivity contribution in [2.45, 2.75) is 18.6 Å². The SMILES string of the molecule is COCCS(=O)(=O)N1CCN(c2ncc3c(-c4cc(C(F)(F)F)c(F)c(O)c4F)nn(C)c3n2)[C@H](Cc2ccccc2)C1. The van der Waals surface area contributed by atoms with E-state index in [2.05, 4.69) is 15.1 Å². The third-order valence-electron chi connectivity index (χ3n) is 7.26. The van der Waals surface area contributed by atoms with E-state index in [-0.39, 0.29) is 66.8 Å². The van der Waals surface area contributed by atoms with E-state index in [1.807, 2.05) is 35.2 Å². The number of phenols is 1. The topological polar surface area (TPSA) is 114 Å². The number of sulfonamides is 1. The molecule has 43 heavy (non-hydrogen) atoms. The highest BCUT2D eigenvalue weighted by molar-refractivity contribution is 7.89. The first-order chi connectivity index (χ1) is 20.3. The van der Waals surface area contributed by atoms with E-state index in [1.54, 1.807) is 0 Å². The van der Waals surface area contributed by atoms with Gasteiger partial charge in [0, 0.05) is 51.6 Å². The largest absolute Gasteiger partial charge is 0.503 e. The average molecular weight is 627 g/mol. The van der Waals surface area contributed by atoms with Crippen LogP contribution in [0, 0.1) is 11.6 Å². The van der Waals surface area contributed by atoms with E-state index in [0.717, 1.165) is 5.56 Å². The first-order valence-electron chi connectivity index (χ1n) is 13.1. The van der Waals surface area contributed by atoms with E-state index >= 15 is 0 Å². The van der Waals surface area contributed by atoms with Gasteiger partial charge in [0.2, 0.25) is 16.0 Å². The van der Waals surface area contributed by atoms with Crippen LogP contribution in [0.3, 0.4) is 0 Å². The number of fused-ring (bicyclic) bond motifs is 1. The molecule has 1 aliphatic rings. The third-order valence-corrected chi connectivity index (χ3v) is 9.06. The molecule has 1 N–H and O–H groups in total. The Kier molecular flexibility index (Phi) is 8.28. The number of halogens is 5. The standard InChI is InChI=1S/C27H27F5N6O4S/c1-36-25-19(23(35-36)18-13-20(27(30,31)32)22(29)24(39)21(18)28)14-33-26(34-25)38-9-8-37(43(40,41)11-10-42-2)15-17(38)12-16-6-4-3-5-7-16/h3-7,13-14,17,39H,8-12,15H2,1-2H3/t17-/m1/s1. The molecule has 16 heteroatoms. The Morgan fingerprint density at radius 1 is 1.12 bits per heavy atom. The first kappa shape index (κ1) is 30.6. The molecule has 0 spiro atoms. The van der Waals surface area contributed by atoms with Crippen LogP contribution in [-0.4, -0.2) is 82.7 Å². The van der Waals surface area contributed by atoms with Gasteiger partial charge < -0.3 is 14.7 Å². The molecule has 1 saturated heterocycles. The van der Waals surface area contributed by atoms with Crippen molar-refractivity contribution < 1.29 is 40.2 Å². The lowest BCUT2D eigenvalue weighted by molar-refractivity contribution is -0.140. The number of ether oxygens (including phenoxy) is 1. The number of nitrogens with zero attached hydrogens (tertiary/aromatic N) is 6. The molecule has 0 aliphatic carbocycles. The second kappa shape index (κ2) is 11.7. The highest BCUT2D eigenvalue weighted by Crippen LogP contribution is 2.41. The Balaban J connectivity index is 1.54. The summed E-state index contributed by atoms with van der Waals surface area (Å²) in [6.45, 7) is 0.565. The first-order valence-corrected chi connectivity index (χ1v) is 14.7. The second-order valence-electron chi connectivity index (χ2n) is 10.0. The number of hydrogen-bond acceptors (Lipinski definition) is 8. The summed E-state index contributed by atoms with van der Waals surface area (Å²) in [4.78, 5) is 10.8. The minimum absolute atomic E-state index is 0.0470. The zero-order chi connectivity index (χ0) is 31.1. The maximum absolute atomic E-state index is 14.9. The lowest BCUT2D eigenvalue weighted by atomic mass is 10.0. The summed E-state index contributed by atoms with van der Waals surface area (Å²) < 4.78 is 103. The van der Waals surface area contributed by atoms with Crippen LogP contribution >= 0.6 is 0 Å². The summed E-state index contributed by atoms with van der Waals surface area (Å²) in [5.41, 5.74) is -1.86. The predicted octanol–water partition coefficient (Wildman–Crippen LogP) is 3.74. The predicted molar refractivity (Wildman–Crippen MR) is 147 cm³/mol. The summed E-state index contributed by atoms with van der Waals surface area (Å²) in [5, 5.41) is 14.0. The molecule has 0 bridgehead atoms. The maximum atomic E-state index is 14.9. The van der Waals surface area contributed by atoms with Gasteiger partial charge in [-0.05, 0) is 18.1 Å². The number of alkyl halides is 3. The lowest BCUT2D eigenvalue weighted by Gasteiger charge is -2.41. The summed E-state index contributed by atoms with van der Waals surface area (Å²) in [7, 11) is -0.743. The molecule has 0 amide bonds. The quantitative estimate of drug-likeness (QED) is 0.295. The van der Waals surface area contributed by atoms with Crippen LogP contribution < -0.4 is 4.90 Å². The number of hydrogen-bond donors (Lipinski definition) is 1. The van der Waals surface area contributed by atoms with E-state index in [9.17, 15) is 35.5 Å². The van der Waals surface area contributed by atoms with Gasteiger partial charge in [-0.3, -0.25) is 0 Å². The van der Waals surface area contributed by atoms with Crippen molar-refractivity contribution in [2.75, 3.05) is 44.0 Å². The molecule has 1 fully saturated rings. The highest BCUT2D eigenvalue weighted by atomic mass is 32.2. The van der Waals surface area contributed by atoms with Crippen molar-refractivity contribution in [1.29, 1.82) is 0 Å². The summed E-state index contributed by atoms with van der Waals surface area (Å²) in [6.07, 6.45) is -3.49. The van der Waals surface area contributed by atoms with Crippen LogP contribution in [0.5, 0.6) is 5.75 Å². The molecule has 0 saturated carbocycles. The van der Waals surface area contributed by atoms with Crippen LogP contribution in [0.4, 0.5) is 27.9 Å². The normalized spacial score (nSPS) is 16.7. The number of methoxy groups -OCH3 is 1. The Hall–Kier alpha value is -3.89. The molecule has 4 aromatic rings. The fraction of sp³-hybridized carbons (Fsp3) is 0.370. The van der Waals surface area contributed by atoms with Crippen molar-refractivity contribution in [3.8, 4) is 17.0 Å². The summed E-state index contributed by atoms with van der Waals surface area (Å²) in [6, 6.07) is 9.28. The van der Waals surface area contributed by atoms with Gasteiger partial charge in [0.1, 0.15) is 5.69 Å². The van der Waals surface area contributed by atoms with Gasteiger partial charge in [0.25, 0.3) is 0 Å². The monoisotopic (exact) mass is 626 g/mol. The number of aryl methyl sites for hydroxylation is 1. The Labute approximate surface area is 243 Å². The zero-order valence-corrected chi connectivity index (χ0v) is 23.8. The van der Waals surface area contributed by atoms with Gasteiger partial charge in [0.05, 0.1) is 23.3 Å². The molecule has 0 unspecified atom stereocenters. The summed E-state index contributed by atoms with van der Waals surface area (Å²) >= 11 is 0. The molecular weight excluding hydrogens is 599 g/mol. The molecule has 10 nitrogen and oxygen atoms in total. The molecule has 2 aromatic heterocycles. The maximum Gasteiger partial charge on any atom is 0.419 e. The van der Waals surface area contributed by atoms with E-state index < -0.39 is 44.7 Å². The van der Waals surface area contributed by atoms with Gasteiger partial charge in [-0.15, -0.1) is 0 Å². The smallest absolute Gasteiger partial charge is 0.419 e. The van der Waals surface area contributed by atoms with Crippen LogP contribution in [0.15, 0.2) is 42.6 Å². The number of anilines is 1. The number of aromatic nitrogens is 4. The van der Waals surface area contributed by atoms with Gasteiger partial charge in [0.15, 0.2) is 23.0 Å². The fourth-order valence-corrected chi connectivity index (χ4v) is 6.48. The number of rotatable bonds is 8.